The number of aliphatic hydroxyl groups is 1. The third-order valence-corrected chi connectivity index (χ3v) is 11.4. The SMILES string of the molecule is CC[C@H]1[C@@H](O)[C@@H]2[C@H](CC[C@]3(C)[C@@H]([C@H](C)CCC(=O)O)CC[C@@H]23)[C@@]2(C)Cc3cn(C)nc3C[C@@H]12. The number of carboxylic acid groups (broad SMARTS) is 1. The molecule has 3 fully saturated rings. The fraction of sp³-hybridized carbons (Fsp3) is 0.857. The van der Waals surface area contributed by atoms with Crippen molar-refractivity contribution in [2.75, 3.05) is 0 Å². The molecule has 1 aromatic heterocycles. The lowest BCUT2D eigenvalue weighted by atomic mass is 9.41. The summed E-state index contributed by atoms with van der Waals surface area (Å²) < 4.78 is 1.98. The molecule has 0 unspecified atom stereocenters. The van der Waals surface area contributed by atoms with E-state index in [1.165, 1.54) is 36.9 Å². The Bertz CT molecular complexity index is 911. The molecule has 184 valence electrons. The second-order valence-corrected chi connectivity index (χ2v) is 12.8. The van der Waals surface area contributed by atoms with E-state index in [9.17, 15) is 15.0 Å². The van der Waals surface area contributed by atoms with E-state index in [0.717, 1.165) is 25.7 Å². The van der Waals surface area contributed by atoms with Crippen molar-refractivity contribution in [3.8, 4) is 0 Å². The normalized spacial score (nSPS) is 45.0. The number of aliphatic hydroxyl groups excluding tert-OH is 1. The van der Waals surface area contributed by atoms with Gasteiger partial charge in [0.2, 0.25) is 0 Å². The van der Waals surface area contributed by atoms with Gasteiger partial charge in [-0.25, -0.2) is 0 Å². The molecule has 0 bridgehead atoms. The van der Waals surface area contributed by atoms with E-state index < -0.39 is 5.97 Å². The Morgan fingerprint density at radius 1 is 1.21 bits per heavy atom. The van der Waals surface area contributed by atoms with Crippen molar-refractivity contribution in [1.29, 1.82) is 0 Å². The van der Waals surface area contributed by atoms with Crippen LogP contribution in [0.4, 0.5) is 0 Å². The maximum atomic E-state index is 11.9. The molecule has 0 aromatic carbocycles. The third kappa shape index (κ3) is 3.43. The second kappa shape index (κ2) is 8.10. The van der Waals surface area contributed by atoms with Crippen molar-refractivity contribution in [3.63, 3.8) is 0 Å². The average Bonchev–Trinajstić information content (AvgIpc) is 3.29. The molecule has 0 saturated heterocycles. The Balaban J connectivity index is 1.47. The minimum atomic E-state index is -0.676. The van der Waals surface area contributed by atoms with E-state index >= 15 is 0 Å². The van der Waals surface area contributed by atoms with Crippen molar-refractivity contribution in [2.24, 2.45) is 59.3 Å². The Morgan fingerprint density at radius 2 is 1.94 bits per heavy atom. The molecule has 1 heterocycles. The van der Waals surface area contributed by atoms with Crippen LogP contribution in [0.25, 0.3) is 0 Å². The fourth-order valence-electron chi connectivity index (χ4n) is 9.95. The lowest BCUT2D eigenvalue weighted by Gasteiger charge is -2.64. The molecule has 4 aliphatic carbocycles. The van der Waals surface area contributed by atoms with Gasteiger partial charge in [-0.05, 0) is 103 Å². The predicted molar refractivity (Wildman–Crippen MR) is 129 cm³/mol. The van der Waals surface area contributed by atoms with Gasteiger partial charge in [-0.1, -0.05) is 34.1 Å². The highest BCUT2D eigenvalue weighted by atomic mass is 16.4. The van der Waals surface area contributed by atoms with Crippen LogP contribution in [0.3, 0.4) is 0 Å². The van der Waals surface area contributed by atoms with Crippen LogP contribution < -0.4 is 0 Å². The van der Waals surface area contributed by atoms with E-state index in [4.69, 9.17) is 5.10 Å². The van der Waals surface area contributed by atoms with E-state index in [1.807, 2.05) is 11.7 Å². The molecule has 5 heteroatoms. The zero-order valence-electron chi connectivity index (χ0n) is 21.3. The summed E-state index contributed by atoms with van der Waals surface area (Å²) in [4.78, 5) is 11.2. The first kappa shape index (κ1) is 23.4. The van der Waals surface area contributed by atoms with Gasteiger partial charge in [0, 0.05) is 19.7 Å². The molecule has 5 rings (SSSR count). The monoisotopic (exact) mass is 456 g/mol. The quantitative estimate of drug-likeness (QED) is 0.646. The molecule has 0 aliphatic heterocycles. The number of fused-ring (bicyclic) bond motifs is 6. The third-order valence-electron chi connectivity index (χ3n) is 11.4. The Hall–Kier alpha value is -1.36. The highest BCUT2D eigenvalue weighted by molar-refractivity contribution is 5.66. The smallest absolute Gasteiger partial charge is 0.303 e. The molecule has 3 saturated carbocycles. The molecule has 33 heavy (non-hydrogen) atoms. The van der Waals surface area contributed by atoms with Crippen molar-refractivity contribution in [1.82, 2.24) is 9.78 Å². The Labute approximate surface area is 199 Å². The zero-order valence-corrected chi connectivity index (χ0v) is 21.3. The van der Waals surface area contributed by atoms with Gasteiger partial charge >= 0.3 is 5.97 Å². The van der Waals surface area contributed by atoms with Crippen LogP contribution in [0.15, 0.2) is 6.20 Å². The summed E-state index contributed by atoms with van der Waals surface area (Å²) in [5.41, 5.74) is 3.16. The van der Waals surface area contributed by atoms with Gasteiger partial charge in [-0.3, -0.25) is 9.48 Å². The summed E-state index contributed by atoms with van der Waals surface area (Å²) in [5.74, 6) is 2.71. The summed E-state index contributed by atoms with van der Waals surface area (Å²) in [6, 6.07) is 0. The first-order valence-electron chi connectivity index (χ1n) is 13.5. The summed E-state index contributed by atoms with van der Waals surface area (Å²) in [7, 11) is 2.04. The van der Waals surface area contributed by atoms with Crippen molar-refractivity contribution >= 4 is 5.97 Å². The Morgan fingerprint density at radius 3 is 2.64 bits per heavy atom. The number of hydrogen-bond acceptors (Lipinski definition) is 3. The van der Waals surface area contributed by atoms with E-state index in [-0.39, 0.29) is 23.4 Å². The van der Waals surface area contributed by atoms with Crippen molar-refractivity contribution in [2.45, 2.75) is 91.6 Å². The topological polar surface area (TPSA) is 75.3 Å². The minimum Gasteiger partial charge on any atom is -0.481 e. The lowest BCUT2D eigenvalue weighted by molar-refractivity contribution is -0.186. The standard InChI is InChI=1S/C28H44N2O3/c1-6-18-22-13-23-17(15-30(5)29-23)14-28(22,4)21-11-12-27(3)19(16(2)7-10-24(31)32)8-9-20(27)25(21)26(18)33/h15-16,18-22,25-26,33H,6-14H2,1-5H3,(H,31,32)/t16-,18-,19-,20+,21+,22+,25+,26-,27-,28-/m1/s1. The van der Waals surface area contributed by atoms with Gasteiger partial charge in [-0.15, -0.1) is 0 Å². The number of carbonyl (C=O) groups is 1. The van der Waals surface area contributed by atoms with Gasteiger partial charge in [-0.2, -0.15) is 5.10 Å². The fourth-order valence-corrected chi connectivity index (χ4v) is 9.95. The van der Waals surface area contributed by atoms with Gasteiger partial charge in [0.25, 0.3) is 0 Å². The second-order valence-electron chi connectivity index (χ2n) is 12.8. The van der Waals surface area contributed by atoms with Crippen LogP contribution in [0, 0.1) is 52.3 Å². The van der Waals surface area contributed by atoms with Crippen LogP contribution in [0.1, 0.15) is 83.9 Å². The zero-order chi connectivity index (χ0) is 23.7. The first-order valence-corrected chi connectivity index (χ1v) is 13.5. The number of aryl methyl sites for hydroxylation is 1. The molecule has 2 N–H and O–H groups in total. The van der Waals surface area contributed by atoms with Gasteiger partial charge < -0.3 is 10.2 Å². The number of nitrogens with zero attached hydrogens (tertiary/aromatic N) is 2. The van der Waals surface area contributed by atoms with E-state index in [1.54, 1.807) is 0 Å². The summed E-state index contributed by atoms with van der Waals surface area (Å²) in [5, 5.41) is 25.9. The predicted octanol–water partition coefficient (Wildman–Crippen LogP) is 5.10. The maximum absolute atomic E-state index is 11.9. The summed E-state index contributed by atoms with van der Waals surface area (Å²) in [6.45, 7) is 9.59. The van der Waals surface area contributed by atoms with Crippen molar-refractivity contribution in [3.05, 3.63) is 17.5 Å². The molecule has 1 aromatic rings. The molecule has 0 spiro atoms. The van der Waals surface area contributed by atoms with Gasteiger partial charge in [0.05, 0.1) is 11.8 Å². The van der Waals surface area contributed by atoms with Crippen LogP contribution >= 0.6 is 0 Å². The minimum absolute atomic E-state index is 0.221. The molecular formula is C28H44N2O3. The highest BCUT2D eigenvalue weighted by Crippen LogP contribution is 2.69. The number of carboxylic acids is 1. The lowest BCUT2D eigenvalue weighted by Crippen LogP contribution is -2.62. The number of aliphatic carboxylic acids is 1. The summed E-state index contributed by atoms with van der Waals surface area (Å²) in [6.07, 6.45) is 11.1. The highest BCUT2D eigenvalue weighted by Gasteiger charge is 2.65. The van der Waals surface area contributed by atoms with E-state index in [2.05, 4.69) is 33.9 Å². The molecular weight excluding hydrogens is 412 g/mol. The average molecular weight is 457 g/mol. The van der Waals surface area contributed by atoms with Gasteiger partial charge in [0.1, 0.15) is 0 Å². The first-order chi connectivity index (χ1) is 15.6. The molecule has 5 nitrogen and oxygen atoms in total. The largest absolute Gasteiger partial charge is 0.481 e. The van der Waals surface area contributed by atoms with Gasteiger partial charge in [0.15, 0.2) is 0 Å². The molecule has 10 atom stereocenters. The van der Waals surface area contributed by atoms with Crippen LogP contribution in [-0.2, 0) is 24.7 Å². The van der Waals surface area contributed by atoms with Crippen LogP contribution in [-0.4, -0.2) is 32.1 Å². The number of rotatable bonds is 5. The van der Waals surface area contributed by atoms with Crippen LogP contribution in [0.5, 0.6) is 0 Å². The van der Waals surface area contributed by atoms with Crippen LogP contribution in [0.2, 0.25) is 0 Å². The maximum Gasteiger partial charge on any atom is 0.303 e. The Kier molecular flexibility index (Phi) is 5.74. The number of hydrogen-bond donors (Lipinski definition) is 2. The molecule has 4 aliphatic rings. The molecule has 0 amide bonds. The van der Waals surface area contributed by atoms with Crippen molar-refractivity contribution < 1.29 is 15.0 Å². The molecule has 0 radical (unpaired) electrons. The van der Waals surface area contributed by atoms with E-state index in [0.29, 0.717) is 41.4 Å². The summed E-state index contributed by atoms with van der Waals surface area (Å²) >= 11 is 0. The number of aromatic nitrogens is 2.